The fraction of sp³-hybridized carbons (Fsp3) is 0.958. The molecule has 0 unspecified atom stereocenters. The van der Waals surface area contributed by atoms with Gasteiger partial charge in [0.25, 0.3) is 0 Å². The summed E-state index contributed by atoms with van der Waals surface area (Å²) in [4.78, 5) is 11.3. The first-order valence-corrected chi connectivity index (χ1v) is 14.0. The molecule has 0 aromatic carbocycles. The Bertz CT molecular complexity index is 975. The first-order chi connectivity index (χ1) is 21.1. The fourth-order valence-corrected chi connectivity index (χ4v) is 5.41. The predicted molar refractivity (Wildman–Crippen MR) is 133 cm³/mol. The lowest BCUT2D eigenvalue weighted by Gasteiger charge is -2.49. The smallest absolute Gasteiger partial charge is 0.335 e. The number of rotatable bonds is 9. The van der Waals surface area contributed by atoms with Gasteiger partial charge in [0.2, 0.25) is 0 Å². The Kier molecular flexibility index (Phi) is 12.1. The van der Waals surface area contributed by atoms with Crippen molar-refractivity contribution >= 4 is 5.97 Å². The van der Waals surface area contributed by atoms with Crippen LogP contribution in [0.25, 0.3) is 0 Å². The second-order valence-corrected chi connectivity index (χ2v) is 11.2. The van der Waals surface area contributed by atoms with E-state index in [1.54, 1.807) is 0 Å². The van der Waals surface area contributed by atoms with E-state index in [2.05, 4.69) is 0 Å². The van der Waals surface area contributed by atoms with Crippen LogP contribution in [0, 0.1) is 0 Å². The van der Waals surface area contributed by atoms with E-state index in [-0.39, 0.29) is 0 Å². The molecule has 0 bridgehead atoms. The summed E-state index contributed by atoms with van der Waals surface area (Å²) >= 11 is 0. The van der Waals surface area contributed by atoms with E-state index in [9.17, 15) is 71.2 Å². The Morgan fingerprint density at radius 2 is 0.978 bits per heavy atom. The quantitative estimate of drug-likeness (QED) is 0.109. The van der Waals surface area contributed by atoms with Crippen LogP contribution in [0.2, 0.25) is 0 Å². The van der Waals surface area contributed by atoms with E-state index in [1.807, 2.05) is 0 Å². The molecule has 45 heavy (non-hydrogen) atoms. The maximum atomic E-state index is 11.3. The number of ether oxygens (including phenoxy) is 7. The lowest BCUT2D eigenvalue weighted by molar-refractivity contribution is -0.403. The van der Waals surface area contributed by atoms with Crippen LogP contribution in [-0.2, 0) is 38.0 Å². The molecule has 20 atom stereocenters. The van der Waals surface area contributed by atoms with Crippen LogP contribution in [0.5, 0.6) is 0 Å². The average molecular weight is 665 g/mol. The molecule has 4 heterocycles. The van der Waals surface area contributed by atoms with Gasteiger partial charge in [-0.25, -0.2) is 4.79 Å². The highest BCUT2D eigenvalue weighted by Crippen LogP contribution is 2.34. The molecule has 0 radical (unpaired) electrons. The van der Waals surface area contributed by atoms with Crippen molar-refractivity contribution in [2.45, 2.75) is 130 Å². The molecule has 0 aliphatic carbocycles. The van der Waals surface area contributed by atoms with Crippen molar-refractivity contribution in [2.24, 2.45) is 0 Å². The number of aliphatic carboxylic acids is 1. The van der Waals surface area contributed by atoms with Gasteiger partial charge in [-0.3, -0.25) is 0 Å². The second kappa shape index (κ2) is 14.9. The van der Waals surface area contributed by atoms with Crippen molar-refractivity contribution in [1.29, 1.82) is 0 Å². The molecule has 262 valence electrons. The van der Waals surface area contributed by atoms with Gasteiger partial charge in [0.05, 0.1) is 19.3 Å². The van der Waals surface area contributed by atoms with Gasteiger partial charge >= 0.3 is 5.97 Å². The third-order valence-electron chi connectivity index (χ3n) is 8.14. The van der Waals surface area contributed by atoms with Gasteiger partial charge in [-0.1, -0.05) is 0 Å². The molecule has 4 rings (SSSR count). The van der Waals surface area contributed by atoms with Crippen molar-refractivity contribution in [3.05, 3.63) is 0 Å². The van der Waals surface area contributed by atoms with Gasteiger partial charge in [-0.2, -0.15) is 0 Å². The zero-order chi connectivity index (χ0) is 33.5. The van der Waals surface area contributed by atoms with Crippen LogP contribution in [-0.4, -0.2) is 208 Å². The molecule has 4 aliphatic heterocycles. The topological polar surface area (TPSA) is 345 Å². The van der Waals surface area contributed by atoms with Crippen molar-refractivity contribution < 1.29 is 104 Å². The molecule has 21 nitrogen and oxygen atoms in total. The van der Waals surface area contributed by atoms with E-state index in [0.717, 1.165) is 0 Å². The van der Waals surface area contributed by atoms with E-state index >= 15 is 0 Å². The molecule has 4 aliphatic rings. The first kappa shape index (κ1) is 36.5. The zero-order valence-corrected chi connectivity index (χ0v) is 23.5. The molecule has 21 heteroatoms. The molecular formula is C24H40O21. The van der Waals surface area contributed by atoms with Crippen LogP contribution in [0.3, 0.4) is 0 Å². The van der Waals surface area contributed by atoms with E-state index in [1.165, 1.54) is 6.92 Å². The van der Waals surface area contributed by atoms with Crippen LogP contribution < -0.4 is 0 Å². The SMILES string of the molecule is C[C@@H]1O[C@@H](O[C@H]2[C@H](O[C@H]3[C@H](O[C@@H]4[C@@H](O)[C@H](O)[C@@H](C(=O)O)O[C@H]4O)O[C@H](CO)[C@H](O)[C@@H]3O)O[C@H](CO)[C@@H](O)[C@@H]2O)[C@H](O)[C@H](O)[C@H]1O. The fourth-order valence-electron chi connectivity index (χ4n) is 5.41. The number of hydrogen-bond donors (Lipinski definition) is 13. The Balaban J connectivity index is 1.61. The normalized spacial score (nSPS) is 52.8. The van der Waals surface area contributed by atoms with Gasteiger partial charge in [0.1, 0.15) is 85.5 Å². The van der Waals surface area contributed by atoms with Crippen LogP contribution in [0.1, 0.15) is 6.92 Å². The van der Waals surface area contributed by atoms with Gasteiger partial charge in [-0.05, 0) is 6.92 Å². The molecule has 0 amide bonds. The van der Waals surface area contributed by atoms with Gasteiger partial charge in [0.15, 0.2) is 31.3 Å². The molecule has 4 fully saturated rings. The van der Waals surface area contributed by atoms with Crippen molar-refractivity contribution in [1.82, 2.24) is 0 Å². The molecule has 0 aromatic rings. The van der Waals surface area contributed by atoms with Gasteiger partial charge in [-0.15, -0.1) is 0 Å². The van der Waals surface area contributed by atoms with Crippen LogP contribution >= 0.6 is 0 Å². The summed E-state index contributed by atoms with van der Waals surface area (Å²) in [6, 6.07) is 0. The summed E-state index contributed by atoms with van der Waals surface area (Å²) in [5.74, 6) is -1.73. The summed E-state index contributed by atoms with van der Waals surface area (Å²) in [6.07, 6.45) is -37.3. The largest absolute Gasteiger partial charge is 0.479 e. The Morgan fingerprint density at radius 1 is 0.533 bits per heavy atom. The highest BCUT2D eigenvalue weighted by atomic mass is 16.8. The minimum Gasteiger partial charge on any atom is -0.479 e. The monoisotopic (exact) mass is 664 g/mol. The predicted octanol–water partition coefficient (Wildman–Crippen LogP) is -8.63. The summed E-state index contributed by atoms with van der Waals surface area (Å²) in [5.41, 5.74) is 0. The molecule has 0 saturated carbocycles. The number of carboxylic acids is 1. The third kappa shape index (κ3) is 7.26. The van der Waals surface area contributed by atoms with Crippen molar-refractivity contribution in [3.8, 4) is 0 Å². The summed E-state index contributed by atoms with van der Waals surface area (Å²) in [6.45, 7) is -0.472. The number of carbonyl (C=O) groups is 1. The number of aliphatic hydroxyl groups is 12. The average Bonchev–Trinajstić information content (AvgIpc) is 3.00. The molecule has 0 spiro atoms. The first-order valence-electron chi connectivity index (χ1n) is 14.0. The standard InChI is InChI=1S/C24H40O21/c1-4-7(27)10(30)15(35)22(39-4)44-18-11(31)8(28)6(3-26)41-24(18)45-19-12(32)9(29)5(2-25)40-23(19)43-17-14(34)13(33)16(20(36)37)42-21(17)38/h4-19,21-35,38H,2-3H2,1H3,(H,36,37)/t4-,5+,6+,7-,8+,9-,10+,11-,12-,13-,14-,15+,16-,17+,18+,19+,21+,22-,23-,24-/m0/s1. The minimum absolute atomic E-state index is 0.894. The van der Waals surface area contributed by atoms with Crippen LogP contribution in [0.15, 0.2) is 0 Å². The third-order valence-corrected chi connectivity index (χ3v) is 8.14. The Hall–Kier alpha value is -1.29. The molecular weight excluding hydrogens is 624 g/mol. The summed E-state index contributed by atoms with van der Waals surface area (Å²) in [5, 5.41) is 133. The van der Waals surface area contributed by atoms with E-state index < -0.39 is 142 Å². The van der Waals surface area contributed by atoms with Crippen LogP contribution in [0.4, 0.5) is 0 Å². The molecule has 4 saturated heterocycles. The number of aliphatic hydroxyl groups excluding tert-OH is 12. The Morgan fingerprint density at radius 3 is 1.44 bits per heavy atom. The maximum absolute atomic E-state index is 11.3. The van der Waals surface area contributed by atoms with E-state index in [4.69, 9.17) is 33.2 Å². The minimum atomic E-state index is -2.21. The van der Waals surface area contributed by atoms with Crippen molar-refractivity contribution in [3.63, 3.8) is 0 Å². The number of hydrogen-bond acceptors (Lipinski definition) is 20. The molecule has 13 N–H and O–H groups in total. The Labute approximate surface area is 253 Å². The summed E-state index contributed by atoms with van der Waals surface area (Å²) < 4.78 is 38.0. The number of carboxylic acid groups (broad SMARTS) is 1. The van der Waals surface area contributed by atoms with Crippen molar-refractivity contribution in [2.75, 3.05) is 13.2 Å². The maximum Gasteiger partial charge on any atom is 0.335 e. The second-order valence-electron chi connectivity index (χ2n) is 11.2. The van der Waals surface area contributed by atoms with E-state index in [0.29, 0.717) is 0 Å². The van der Waals surface area contributed by atoms with Gasteiger partial charge < -0.3 is 99.5 Å². The zero-order valence-electron chi connectivity index (χ0n) is 23.5. The highest BCUT2D eigenvalue weighted by Gasteiger charge is 2.56. The summed E-state index contributed by atoms with van der Waals surface area (Å²) in [7, 11) is 0. The lowest BCUT2D eigenvalue weighted by Crippen LogP contribution is -2.68. The molecule has 0 aromatic heterocycles. The lowest BCUT2D eigenvalue weighted by atomic mass is 9.96. The highest BCUT2D eigenvalue weighted by molar-refractivity contribution is 5.73. The van der Waals surface area contributed by atoms with Gasteiger partial charge in [0, 0.05) is 0 Å².